The van der Waals surface area contributed by atoms with Crippen molar-refractivity contribution in [3.63, 3.8) is 0 Å². The monoisotopic (exact) mass is 256 g/mol. The van der Waals surface area contributed by atoms with Gasteiger partial charge in [-0.15, -0.1) is 4.36 Å². The van der Waals surface area contributed by atoms with Crippen molar-refractivity contribution in [3.8, 4) is 11.9 Å². The summed E-state index contributed by atoms with van der Waals surface area (Å²) in [6, 6.07) is 17.5. The third kappa shape index (κ3) is 2.76. The number of benzene rings is 2. The molecule has 0 N–H and O–H groups in total. The minimum atomic E-state index is -0.553. The third-order valence-corrected chi connectivity index (χ3v) is 4.08. The lowest BCUT2D eigenvalue weighted by molar-refractivity contribution is 0.414. The third-order valence-electron chi connectivity index (χ3n) is 2.38. The van der Waals surface area contributed by atoms with Crippen LogP contribution in [0.25, 0.3) is 0 Å². The largest absolute Gasteiger partial charge is 0.497 e. The first kappa shape index (κ1) is 12.3. The van der Waals surface area contributed by atoms with Crippen LogP contribution in [0.3, 0.4) is 0 Å². The van der Waals surface area contributed by atoms with Gasteiger partial charge < -0.3 is 4.74 Å². The van der Waals surface area contributed by atoms with Crippen LogP contribution in [0.1, 0.15) is 0 Å². The van der Waals surface area contributed by atoms with Gasteiger partial charge in [-0.25, -0.2) is 0 Å². The second-order valence-corrected chi connectivity index (χ2v) is 5.16. The molecule has 0 fully saturated rings. The van der Waals surface area contributed by atoms with E-state index in [1.54, 1.807) is 7.11 Å². The first-order valence-corrected chi connectivity index (χ1v) is 6.56. The van der Waals surface area contributed by atoms with Crippen molar-refractivity contribution >= 4 is 10.7 Å². The van der Waals surface area contributed by atoms with E-state index in [0.717, 1.165) is 15.5 Å². The molecule has 0 aromatic heterocycles. The summed E-state index contributed by atoms with van der Waals surface area (Å²) >= 11 is 0. The van der Waals surface area contributed by atoms with Crippen molar-refractivity contribution in [1.29, 1.82) is 5.26 Å². The van der Waals surface area contributed by atoms with E-state index in [9.17, 15) is 0 Å². The standard InChI is InChI=1S/C14H12N2OS/c1-17-12-7-9-14(10-8-12)18(16-11-15)13-5-3-2-4-6-13/h2-10H,1H3. The van der Waals surface area contributed by atoms with E-state index in [0.29, 0.717) is 0 Å². The van der Waals surface area contributed by atoms with Gasteiger partial charge in [-0.2, -0.15) is 5.26 Å². The van der Waals surface area contributed by atoms with Crippen LogP contribution >= 0.6 is 0 Å². The average Bonchev–Trinajstić information content (AvgIpc) is 2.46. The number of hydrogen-bond acceptors (Lipinski definition) is 3. The maximum absolute atomic E-state index is 8.83. The van der Waals surface area contributed by atoms with Crippen LogP contribution in [0.5, 0.6) is 5.75 Å². The van der Waals surface area contributed by atoms with E-state index in [-0.39, 0.29) is 0 Å². The van der Waals surface area contributed by atoms with Crippen LogP contribution in [0.2, 0.25) is 0 Å². The summed E-state index contributed by atoms with van der Waals surface area (Å²) in [7, 11) is 1.08. The van der Waals surface area contributed by atoms with Gasteiger partial charge >= 0.3 is 0 Å². The molecule has 2 aromatic carbocycles. The van der Waals surface area contributed by atoms with Crippen molar-refractivity contribution in [2.24, 2.45) is 4.36 Å². The smallest absolute Gasteiger partial charge is 0.212 e. The molecule has 90 valence electrons. The fourth-order valence-corrected chi connectivity index (χ4v) is 2.91. The van der Waals surface area contributed by atoms with Crippen LogP contribution in [0.4, 0.5) is 0 Å². The van der Waals surface area contributed by atoms with Gasteiger partial charge in [0, 0.05) is 9.79 Å². The van der Waals surface area contributed by atoms with Crippen molar-refractivity contribution in [2.45, 2.75) is 9.79 Å². The molecule has 0 aliphatic heterocycles. The Balaban J connectivity index is 2.43. The number of nitrogens with zero attached hydrogens (tertiary/aromatic N) is 2. The number of methoxy groups -OCH3 is 1. The first-order valence-electron chi connectivity index (χ1n) is 5.38. The highest BCUT2D eigenvalue weighted by Crippen LogP contribution is 2.21. The summed E-state index contributed by atoms with van der Waals surface area (Å²) in [5, 5.41) is 8.83. The highest BCUT2D eigenvalue weighted by atomic mass is 32.2. The second-order valence-electron chi connectivity index (χ2n) is 3.46. The number of ether oxygens (including phenoxy) is 1. The number of rotatable bonds is 3. The molecule has 0 spiro atoms. The highest BCUT2D eigenvalue weighted by Gasteiger charge is 2.05. The summed E-state index contributed by atoms with van der Waals surface area (Å²) in [5.74, 6) is 0.798. The molecule has 1 atom stereocenters. The Hall–Kier alpha value is -2.12. The lowest BCUT2D eigenvalue weighted by Gasteiger charge is -2.07. The molecule has 18 heavy (non-hydrogen) atoms. The SMILES string of the molecule is COc1ccc(S(=NC#N)c2ccccc2)cc1. The van der Waals surface area contributed by atoms with Gasteiger partial charge in [0.1, 0.15) is 5.75 Å². The van der Waals surface area contributed by atoms with E-state index in [1.807, 2.05) is 60.8 Å². The predicted molar refractivity (Wildman–Crippen MR) is 71.4 cm³/mol. The molecule has 0 saturated heterocycles. The van der Waals surface area contributed by atoms with Crippen LogP contribution in [0.15, 0.2) is 68.8 Å². The molecule has 3 nitrogen and oxygen atoms in total. The molecule has 0 amide bonds. The lowest BCUT2D eigenvalue weighted by Crippen LogP contribution is -1.92. The van der Waals surface area contributed by atoms with Gasteiger partial charge in [0.05, 0.1) is 7.11 Å². The first-order chi connectivity index (χ1) is 8.85. The molecule has 0 aliphatic carbocycles. The fraction of sp³-hybridized carbons (Fsp3) is 0.0714. The van der Waals surface area contributed by atoms with Crippen LogP contribution < -0.4 is 4.74 Å². The molecule has 1 unspecified atom stereocenters. The van der Waals surface area contributed by atoms with Gasteiger partial charge in [0.25, 0.3) is 0 Å². The zero-order chi connectivity index (χ0) is 12.8. The zero-order valence-electron chi connectivity index (χ0n) is 9.91. The van der Waals surface area contributed by atoms with Crippen LogP contribution in [-0.2, 0) is 10.7 Å². The summed E-state index contributed by atoms with van der Waals surface area (Å²) in [6.45, 7) is 0. The Bertz CT molecular complexity index is 585. The molecule has 0 bridgehead atoms. The van der Waals surface area contributed by atoms with E-state index in [4.69, 9.17) is 10.00 Å². The highest BCUT2D eigenvalue weighted by molar-refractivity contribution is 7.87. The van der Waals surface area contributed by atoms with E-state index in [1.165, 1.54) is 0 Å². The average molecular weight is 256 g/mol. The quantitative estimate of drug-likeness (QED) is 0.790. The summed E-state index contributed by atoms with van der Waals surface area (Å²) in [4.78, 5) is 2.03. The summed E-state index contributed by atoms with van der Waals surface area (Å²) < 4.78 is 9.13. The Labute approximate surface area is 109 Å². The minimum absolute atomic E-state index is 0.553. The van der Waals surface area contributed by atoms with E-state index < -0.39 is 10.7 Å². The maximum atomic E-state index is 8.83. The van der Waals surface area contributed by atoms with Gasteiger partial charge in [0.15, 0.2) is 0 Å². The number of hydrogen-bond donors (Lipinski definition) is 0. The molecular weight excluding hydrogens is 244 g/mol. The second kappa shape index (κ2) is 5.99. The van der Waals surface area contributed by atoms with Gasteiger partial charge in [-0.05, 0) is 47.1 Å². The maximum Gasteiger partial charge on any atom is 0.212 e. The molecule has 4 heteroatoms. The van der Waals surface area contributed by atoms with Gasteiger partial charge in [-0.1, -0.05) is 18.2 Å². The van der Waals surface area contributed by atoms with Crippen molar-refractivity contribution in [1.82, 2.24) is 0 Å². The van der Waals surface area contributed by atoms with Crippen molar-refractivity contribution < 1.29 is 4.74 Å². The zero-order valence-corrected chi connectivity index (χ0v) is 10.7. The van der Waals surface area contributed by atoms with E-state index >= 15 is 0 Å². The number of nitriles is 1. The molecule has 2 rings (SSSR count). The van der Waals surface area contributed by atoms with Crippen LogP contribution in [-0.4, -0.2) is 7.11 Å². The summed E-state index contributed by atoms with van der Waals surface area (Å²) in [6.07, 6.45) is 1.90. The molecule has 2 aromatic rings. The van der Waals surface area contributed by atoms with Gasteiger partial charge in [0.2, 0.25) is 6.19 Å². The van der Waals surface area contributed by atoms with Crippen molar-refractivity contribution in [3.05, 3.63) is 54.6 Å². The molecular formula is C14H12N2OS. The molecule has 0 aliphatic rings. The van der Waals surface area contributed by atoms with Crippen LogP contribution in [0, 0.1) is 11.5 Å². The fourth-order valence-electron chi connectivity index (χ4n) is 1.54. The topological polar surface area (TPSA) is 45.4 Å². The Morgan fingerprint density at radius 3 is 2.17 bits per heavy atom. The molecule has 0 heterocycles. The Morgan fingerprint density at radius 2 is 1.61 bits per heavy atom. The lowest BCUT2D eigenvalue weighted by atomic mass is 10.3. The molecule has 0 saturated carbocycles. The molecule has 0 radical (unpaired) electrons. The Morgan fingerprint density at radius 1 is 1.00 bits per heavy atom. The summed E-state index contributed by atoms with van der Waals surface area (Å²) in [5.41, 5.74) is 0. The predicted octanol–water partition coefficient (Wildman–Crippen LogP) is 3.40. The van der Waals surface area contributed by atoms with Gasteiger partial charge in [-0.3, -0.25) is 0 Å². The Kier molecular flexibility index (Phi) is 4.11. The van der Waals surface area contributed by atoms with Crippen molar-refractivity contribution in [2.75, 3.05) is 7.11 Å². The normalized spacial score (nSPS) is 11.8. The minimum Gasteiger partial charge on any atom is -0.497 e. The van der Waals surface area contributed by atoms with E-state index in [2.05, 4.69) is 4.36 Å².